The number of fused-ring (bicyclic) bond motifs is 1. The SMILES string of the molecule is CCN(CCO)CCOc1cc(OC)cc2ncncc12. The lowest BCUT2D eigenvalue weighted by molar-refractivity contribution is 0.174. The molecule has 6 nitrogen and oxygen atoms in total. The number of aliphatic hydroxyl groups is 1. The van der Waals surface area contributed by atoms with Gasteiger partial charge in [-0.2, -0.15) is 0 Å². The zero-order valence-electron chi connectivity index (χ0n) is 12.5. The van der Waals surface area contributed by atoms with Gasteiger partial charge in [-0.1, -0.05) is 6.92 Å². The lowest BCUT2D eigenvalue weighted by Crippen LogP contribution is -2.30. The predicted molar refractivity (Wildman–Crippen MR) is 80.8 cm³/mol. The first-order valence-corrected chi connectivity index (χ1v) is 7.02. The van der Waals surface area contributed by atoms with Crippen molar-refractivity contribution in [3.8, 4) is 11.5 Å². The standard InChI is InChI=1S/C15H21N3O3/c1-3-18(4-6-19)5-7-21-15-9-12(20-2)8-14-13(15)10-16-11-17-14/h8-11,19H,3-7H2,1-2H3. The Kier molecular flexibility index (Phi) is 5.71. The van der Waals surface area contributed by atoms with E-state index < -0.39 is 0 Å². The zero-order valence-corrected chi connectivity index (χ0v) is 12.5. The summed E-state index contributed by atoms with van der Waals surface area (Å²) in [5.41, 5.74) is 0.794. The number of aliphatic hydroxyl groups excluding tert-OH is 1. The van der Waals surface area contributed by atoms with E-state index in [0.29, 0.717) is 24.7 Å². The fourth-order valence-corrected chi connectivity index (χ4v) is 2.12. The summed E-state index contributed by atoms with van der Waals surface area (Å²) in [6, 6.07) is 3.70. The van der Waals surface area contributed by atoms with E-state index in [1.54, 1.807) is 13.3 Å². The summed E-state index contributed by atoms with van der Waals surface area (Å²) in [5, 5.41) is 9.84. The van der Waals surface area contributed by atoms with Crippen molar-refractivity contribution in [3.63, 3.8) is 0 Å². The van der Waals surface area contributed by atoms with E-state index in [0.717, 1.165) is 24.0 Å². The molecule has 0 bridgehead atoms. The van der Waals surface area contributed by atoms with E-state index in [4.69, 9.17) is 14.6 Å². The molecular formula is C15H21N3O3. The average Bonchev–Trinajstić information content (AvgIpc) is 2.53. The summed E-state index contributed by atoms with van der Waals surface area (Å²) in [6.45, 7) is 5.04. The number of nitrogens with zero attached hydrogens (tertiary/aromatic N) is 3. The maximum absolute atomic E-state index is 8.98. The first-order chi connectivity index (χ1) is 10.3. The number of ether oxygens (including phenoxy) is 2. The van der Waals surface area contributed by atoms with Crippen LogP contribution in [0.5, 0.6) is 11.5 Å². The van der Waals surface area contributed by atoms with Crippen LogP contribution in [0.4, 0.5) is 0 Å². The fraction of sp³-hybridized carbons (Fsp3) is 0.467. The van der Waals surface area contributed by atoms with Gasteiger partial charge >= 0.3 is 0 Å². The van der Waals surface area contributed by atoms with Gasteiger partial charge in [-0.3, -0.25) is 4.90 Å². The number of aromatic nitrogens is 2. The molecule has 0 spiro atoms. The Morgan fingerprint density at radius 3 is 2.86 bits per heavy atom. The molecule has 1 heterocycles. The maximum atomic E-state index is 8.98. The summed E-state index contributed by atoms with van der Waals surface area (Å²) in [5.74, 6) is 1.42. The Morgan fingerprint density at radius 2 is 2.14 bits per heavy atom. The number of hydrogen-bond donors (Lipinski definition) is 1. The molecule has 0 amide bonds. The van der Waals surface area contributed by atoms with Gasteiger partial charge in [0.1, 0.15) is 24.4 Å². The number of likely N-dealkylation sites (N-methyl/N-ethyl adjacent to an activating group) is 1. The van der Waals surface area contributed by atoms with Crippen LogP contribution in [0.25, 0.3) is 10.9 Å². The molecule has 0 saturated heterocycles. The highest BCUT2D eigenvalue weighted by Crippen LogP contribution is 2.29. The molecule has 0 fully saturated rings. The molecule has 0 unspecified atom stereocenters. The monoisotopic (exact) mass is 291 g/mol. The van der Waals surface area contributed by atoms with Gasteiger partial charge in [0, 0.05) is 31.4 Å². The minimum atomic E-state index is 0.157. The first kappa shape index (κ1) is 15.5. The summed E-state index contributed by atoms with van der Waals surface area (Å²) in [7, 11) is 1.62. The van der Waals surface area contributed by atoms with Crippen LogP contribution < -0.4 is 9.47 Å². The summed E-state index contributed by atoms with van der Waals surface area (Å²) in [4.78, 5) is 10.4. The largest absolute Gasteiger partial charge is 0.497 e. The number of benzene rings is 1. The quantitative estimate of drug-likeness (QED) is 0.791. The van der Waals surface area contributed by atoms with Gasteiger partial charge < -0.3 is 14.6 Å². The van der Waals surface area contributed by atoms with Crippen molar-refractivity contribution in [3.05, 3.63) is 24.7 Å². The van der Waals surface area contributed by atoms with Crippen LogP contribution >= 0.6 is 0 Å². The second-order valence-electron chi connectivity index (χ2n) is 4.59. The smallest absolute Gasteiger partial charge is 0.134 e. The van der Waals surface area contributed by atoms with Gasteiger partial charge in [0.25, 0.3) is 0 Å². The van der Waals surface area contributed by atoms with Crippen molar-refractivity contribution in [2.45, 2.75) is 6.92 Å². The van der Waals surface area contributed by atoms with Crippen molar-refractivity contribution in [1.82, 2.24) is 14.9 Å². The Hall–Kier alpha value is -1.92. The average molecular weight is 291 g/mol. The summed E-state index contributed by atoms with van der Waals surface area (Å²) in [6.07, 6.45) is 3.24. The highest BCUT2D eigenvalue weighted by molar-refractivity contribution is 5.85. The van der Waals surface area contributed by atoms with E-state index in [2.05, 4.69) is 21.8 Å². The molecule has 21 heavy (non-hydrogen) atoms. The number of methoxy groups -OCH3 is 1. The van der Waals surface area contributed by atoms with Crippen LogP contribution in [0.15, 0.2) is 24.7 Å². The molecule has 0 aliphatic rings. The maximum Gasteiger partial charge on any atom is 0.134 e. The molecule has 6 heteroatoms. The van der Waals surface area contributed by atoms with Crippen molar-refractivity contribution in [2.24, 2.45) is 0 Å². The third-order valence-corrected chi connectivity index (χ3v) is 3.33. The third kappa shape index (κ3) is 4.03. The molecule has 114 valence electrons. The van der Waals surface area contributed by atoms with Crippen LogP contribution in [-0.2, 0) is 0 Å². The first-order valence-electron chi connectivity index (χ1n) is 7.02. The molecule has 2 rings (SSSR count). The third-order valence-electron chi connectivity index (χ3n) is 3.33. The normalized spacial score (nSPS) is 11.0. The number of hydrogen-bond acceptors (Lipinski definition) is 6. The summed E-state index contributed by atoms with van der Waals surface area (Å²) >= 11 is 0. The Balaban J connectivity index is 2.10. The van der Waals surface area contributed by atoms with Crippen molar-refractivity contribution in [1.29, 1.82) is 0 Å². The molecule has 1 N–H and O–H groups in total. The zero-order chi connectivity index (χ0) is 15.1. The van der Waals surface area contributed by atoms with Gasteiger partial charge in [-0.15, -0.1) is 0 Å². The molecule has 0 radical (unpaired) electrons. The van der Waals surface area contributed by atoms with Crippen LogP contribution in [0.3, 0.4) is 0 Å². The molecule has 1 aromatic heterocycles. The van der Waals surface area contributed by atoms with E-state index in [1.165, 1.54) is 6.33 Å². The van der Waals surface area contributed by atoms with Gasteiger partial charge in [-0.05, 0) is 6.54 Å². The van der Waals surface area contributed by atoms with E-state index in [9.17, 15) is 0 Å². The second kappa shape index (κ2) is 7.75. The fourth-order valence-electron chi connectivity index (χ4n) is 2.12. The lowest BCUT2D eigenvalue weighted by atomic mass is 10.2. The van der Waals surface area contributed by atoms with Crippen molar-refractivity contribution in [2.75, 3.05) is 40.0 Å². The van der Waals surface area contributed by atoms with Gasteiger partial charge in [0.05, 0.1) is 24.6 Å². The molecule has 0 aliphatic heterocycles. The van der Waals surface area contributed by atoms with E-state index >= 15 is 0 Å². The van der Waals surface area contributed by atoms with Crippen LogP contribution in [0.2, 0.25) is 0 Å². The minimum Gasteiger partial charge on any atom is -0.497 e. The van der Waals surface area contributed by atoms with Crippen molar-refractivity contribution < 1.29 is 14.6 Å². The Bertz CT molecular complexity index is 577. The van der Waals surface area contributed by atoms with Crippen LogP contribution in [-0.4, -0.2) is 59.9 Å². The van der Waals surface area contributed by atoms with E-state index in [-0.39, 0.29) is 6.61 Å². The predicted octanol–water partition coefficient (Wildman–Crippen LogP) is 1.33. The van der Waals surface area contributed by atoms with Gasteiger partial charge in [0.15, 0.2) is 0 Å². The Morgan fingerprint density at radius 1 is 1.29 bits per heavy atom. The molecular weight excluding hydrogens is 270 g/mol. The minimum absolute atomic E-state index is 0.157. The topological polar surface area (TPSA) is 67.7 Å². The van der Waals surface area contributed by atoms with Gasteiger partial charge in [-0.25, -0.2) is 9.97 Å². The molecule has 0 saturated carbocycles. The molecule has 0 atom stereocenters. The van der Waals surface area contributed by atoms with Crippen LogP contribution in [0.1, 0.15) is 6.92 Å². The van der Waals surface area contributed by atoms with E-state index in [1.807, 2.05) is 12.1 Å². The Labute approximate surface area is 124 Å². The molecule has 1 aromatic carbocycles. The molecule has 0 aliphatic carbocycles. The second-order valence-corrected chi connectivity index (χ2v) is 4.59. The van der Waals surface area contributed by atoms with Gasteiger partial charge in [0.2, 0.25) is 0 Å². The summed E-state index contributed by atoms with van der Waals surface area (Å²) < 4.78 is 11.1. The highest BCUT2D eigenvalue weighted by atomic mass is 16.5. The number of rotatable bonds is 8. The highest BCUT2D eigenvalue weighted by Gasteiger charge is 2.08. The van der Waals surface area contributed by atoms with Crippen LogP contribution in [0, 0.1) is 0 Å². The van der Waals surface area contributed by atoms with Crippen molar-refractivity contribution >= 4 is 10.9 Å². The molecule has 2 aromatic rings. The lowest BCUT2D eigenvalue weighted by Gasteiger charge is -2.19.